The van der Waals surface area contributed by atoms with E-state index in [9.17, 15) is 13.2 Å². The molecule has 32 heavy (non-hydrogen) atoms. The maximum Gasteiger partial charge on any atom is 0.228 e. The lowest BCUT2D eigenvalue weighted by atomic mass is 10.3. The van der Waals surface area contributed by atoms with Gasteiger partial charge in [0.05, 0.1) is 22.5 Å². The van der Waals surface area contributed by atoms with Gasteiger partial charge in [0, 0.05) is 24.5 Å². The Morgan fingerprint density at radius 3 is 2.50 bits per heavy atom. The van der Waals surface area contributed by atoms with E-state index >= 15 is 0 Å². The van der Waals surface area contributed by atoms with E-state index in [2.05, 4.69) is 4.98 Å². The molecule has 3 rings (SSSR count). The second kappa shape index (κ2) is 10.6. The molecule has 0 N–H and O–H groups in total. The van der Waals surface area contributed by atoms with Gasteiger partial charge in [0.1, 0.15) is 11.3 Å². The summed E-state index contributed by atoms with van der Waals surface area (Å²) >= 11 is 7.26. The molecule has 0 aliphatic rings. The number of fused-ring (bicyclic) bond motifs is 1. The molecule has 0 unspecified atom stereocenters. The minimum Gasteiger partial charge on any atom is -0.494 e. The number of benzene rings is 2. The number of sulfone groups is 1. The molecular formula is C22H26ClN3O4S2. The van der Waals surface area contributed by atoms with Crippen molar-refractivity contribution < 1.29 is 17.9 Å². The van der Waals surface area contributed by atoms with Crippen LogP contribution in [0.3, 0.4) is 0 Å². The van der Waals surface area contributed by atoms with Crippen LogP contribution in [0.1, 0.15) is 12.8 Å². The van der Waals surface area contributed by atoms with Gasteiger partial charge in [0.2, 0.25) is 5.91 Å². The zero-order chi connectivity index (χ0) is 23.3. The topological polar surface area (TPSA) is 79.8 Å². The summed E-state index contributed by atoms with van der Waals surface area (Å²) in [6, 6.07) is 11.7. The number of methoxy groups -OCH3 is 1. The molecule has 2 aromatic carbocycles. The number of carbonyl (C=O) groups excluding carboxylic acids is 1. The van der Waals surface area contributed by atoms with Crippen LogP contribution in [0, 0.1) is 0 Å². The summed E-state index contributed by atoms with van der Waals surface area (Å²) in [5.74, 6) is 0.380. The Morgan fingerprint density at radius 1 is 1.12 bits per heavy atom. The molecule has 0 atom stereocenters. The summed E-state index contributed by atoms with van der Waals surface area (Å²) in [4.78, 5) is 21.6. The molecule has 10 heteroatoms. The van der Waals surface area contributed by atoms with Gasteiger partial charge < -0.3 is 9.64 Å². The molecule has 0 spiro atoms. The average molecular weight is 496 g/mol. The van der Waals surface area contributed by atoms with Crippen molar-refractivity contribution in [2.45, 2.75) is 17.7 Å². The molecule has 0 aliphatic heterocycles. The number of anilines is 1. The number of aromatic nitrogens is 1. The van der Waals surface area contributed by atoms with E-state index in [0.717, 1.165) is 4.70 Å². The lowest BCUT2D eigenvalue weighted by Crippen LogP contribution is -2.36. The van der Waals surface area contributed by atoms with E-state index in [1.807, 2.05) is 37.2 Å². The van der Waals surface area contributed by atoms with E-state index < -0.39 is 9.84 Å². The predicted octanol–water partition coefficient (Wildman–Crippen LogP) is 4.11. The summed E-state index contributed by atoms with van der Waals surface area (Å²) < 4.78 is 31.4. The summed E-state index contributed by atoms with van der Waals surface area (Å²) in [6.07, 6.45) is 0.323. The quantitative estimate of drug-likeness (QED) is 0.421. The number of thiazole rings is 1. The molecule has 3 aromatic rings. The van der Waals surface area contributed by atoms with Crippen LogP contribution in [0.5, 0.6) is 5.75 Å². The highest BCUT2D eigenvalue weighted by Gasteiger charge is 2.22. The fourth-order valence-corrected chi connectivity index (χ4v) is 5.59. The zero-order valence-electron chi connectivity index (χ0n) is 18.2. The van der Waals surface area contributed by atoms with Crippen molar-refractivity contribution in [3.63, 3.8) is 0 Å². The Hall–Kier alpha value is -2.20. The Bertz CT molecular complexity index is 1180. The molecule has 7 nitrogen and oxygen atoms in total. The summed E-state index contributed by atoms with van der Waals surface area (Å²) in [5, 5.41) is 1.06. The van der Waals surface area contributed by atoms with Crippen molar-refractivity contribution in [1.82, 2.24) is 9.88 Å². The summed E-state index contributed by atoms with van der Waals surface area (Å²) in [7, 11) is 1.97. The van der Waals surface area contributed by atoms with Crippen molar-refractivity contribution in [2.75, 3.05) is 44.9 Å². The predicted molar refractivity (Wildman–Crippen MR) is 130 cm³/mol. The number of hydrogen-bond acceptors (Lipinski definition) is 7. The molecule has 1 heterocycles. The van der Waals surface area contributed by atoms with Crippen LogP contribution in [-0.4, -0.2) is 64.3 Å². The highest BCUT2D eigenvalue weighted by atomic mass is 35.5. The number of carbonyl (C=O) groups is 1. The summed E-state index contributed by atoms with van der Waals surface area (Å²) in [5.41, 5.74) is 0.711. The van der Waals surface area contributed by atoms with Gasteiger partial charge in [0.25, 0.3) is 0 Å². The second-order valence-corrected chi connectivity index (χ2v) is 11.1. The molecule has 0 fully saturated rings. The number of likely N-dealkylation sites (N-methyl/N-ethyl adjacent to an activating group) is 1. The van der Waals surface area contributed by atoms with Gasteiger partial charge in [-0.15, -0.1) is 0 Å². The Balaban J connectivity index is 1.74. The van der Waals surface area contributed by atoms with E-state index in [1.54, 1.807) is 24.1 Å². The zero-order valence-corrected chi connectivity index (χ0v) is 20.6. The first-order chi connectivity index (χ1) is 15.2. The first-order valence-electron chi connectivity index (χ1n) is 10.1. The smallest absolute Gasteiger partial charge is 0.228 e. The highest BCUT2D eigenvalue weighted by Crippen LogP contribution is 2.34. The van der Waals surface area contributed by atoms with Crippen LogP contribution < -0.4 is 9.64 Å². The molecule has 0 aliphatic carbocycles. The first kappa shape index (κ1) is 24.4. The molecule has 0 radical (unpaired) electrons. The van der Waals surface area contributed by atoms with Gasteiger partial charge in [-0.25, -0.2) is 13.4 Å². The Labute approximate surface area is 197 Å². The van der Waals surface area contributed by atoms with Crippen LogP contribution >= 0.6 is 22.9 Å². The molecule has 1 aromatic heterocycles. The van der Waals surface area contributed by atoms with E-state index in [1.165, 1.54) is 23.5 Å². The Kier molecular flexibility index (Phi) is 8.10. The van der Waals surface area contributed by atoms with Crippen LogP contribution in [0.4, 0.5) is 5.13 Å². The third kappa shape index (κ3) is 5.98. The fourth-order valence-electron chi connectivity index (χ4n) is 3.13. The van der Waals surface area contributed by atoms with Crippen LogP contribution in [0.25, 0.3) is 10.2 Å². The minimum absolute atomic E-state index is 0.104. The van der Waals surface area contributed by atoms with Gasteiger partial charge in [-0.1, -0.05) is 29.0 Å². The normalized spacial score (nSPS) is 11.8. The van der Waals surface area contributed by atoms with Gasteiger partial charge in [0.15, 0.2) is 15.0 Å². The van der Waals surface area contributed by atoms with Crippen LogP contribution in [0.15, 0.2) is 47.4 Å². The van der Waals surface area contributed by atoms with Crippen molar-refractivity contribution in [3.8, 4) is 5.75 Å². The number of hydrogen-bond donors (Lipinski definition) is 0. The summed E-state index contributed by atoms with van der Waals surface area (Å²) in [6.45, 7) is 1.11. The fraction of sp³-hybridized carbons (Fsp3) is 0.364. The number of ether oxygens (including phenoxy) is 1. The van der Waals surface area contributed by atoms with E-state index in [0.29, 0.717) is 34.5 Å². The molecule has 0 saturated carbocycles. The third-order valence-electron chi connectivity index (χ3n) is 4.87. The minimum atomic E-state index is -3.49. The largest absolute Gasteiger partial charge is 0.494 e. The van der Waals surface area contributed by atoms with Crippen molar-refractivity contribution in [2.24, 2.45) is 0 Å². The standard InChI is InChI=1S/C22H26ClN3O4S2/c1-25(2)13-14-26(22-24-21-18(30-3)6-4-7-19(21)31-22)20(27)8-5-15-32(28,29)17-11-9-16(23)10-12-17/h4,6-7,9-12H,5,8,13-15H2,1-3H3. The van der Waals surface area contributed by atoms with Crippen molar-refractivity contribution in [1.29, 1.82) is 0 Å². The number of amides is 1. The van der Waals surface area contributed by atoms with Gasteiger partial charge >= 0.3 is 0 Å². The van der Waals surface area contributed by atoms with E-state index in [-0.39, 0.29) is 29.4 Å². The average Bonchev–Trinajstić information content (AvgIpc) is 3.17. The Morgan fingerprint density at radius 2 is 1.84 bits per heavy atom. The molecule has 172 valence electrons. The van der Waals surface area contributed by atoms with Crippen molar-refractivity contribution >= 4 is 54.0 Å². The lowest BCUT2D eigenvalue weighted by molar-refractivity contribution is -0.118. The van der Waals surface area contributed by atoms with E-state index in [4.69, 9.17) is 16.3 Å². The van der Waals surface area contributed by atoms with Gasteiger partial charge in [-0.3, -0.25) is 9.69 Å². The maximum atomic E-state index is 13.1. The number of rotatable bonds is 10. The van der Waals surface area contributed by atoms with Crippen LogP contribution in [-0.2, 0) is 14.6 Å². The first-order valence-corrected chi connectivity index (χ1v) is 12.9. The number of halogens is 1. The van der Waals surface area contributed by atoms with Crippen LogP contribution in [0.2, 0.25) is 5.02 Å². The maximum absolute atomic E-state index is 13.1. The SMILES string of the molecule is COc1cccc2sc(N(CCN(C)C)C(=O)CCCS(=O)(=O)c3ccc(Cl)cc3)nc12. The lowest BCUT2D eigenvalue weighted by Gasteiger charge is -2.22. The molecule has 0 bridgehead atoms. The molecular weight excluding hydrogens is 470 g/mol. The number of nitrogens with zero attached hydrogens (tertiary/aromatic N) is 3. The number of para-hydroxylation sites is 1. The van der Waals surface area contributed by atoms with Gasteiger partial charge in [-0.05, 0) is 56.9 Å². The highest BCUT2D eigenvalue weighted by molar-refractivity contribution is 7.91. The third-order valence-corrected chi connectivity index (χ3v) is 7.98. The second-order valence-electron chi connectivity index (χ2n) is 7.53. The molecule has 1 amide bonds. The van der Waals surface area contributed by atoms with Gasteiger partial charge in [-0.2, -0.15) is 0 Å². The molecule has 0 saturated heterocycles. The monoisotopic (exact) mass is 495 g/mol. The van der Waals surface area contributed by atoms with Crippen molar-refractivity contribution in [3.05, 3.63) is 47.5 Å².